The van der Waals surface area contributed by atoms with Gasteiger partial charge in [-0.05, 0) is 30.3 Å². The molecule has 0 aliphatic carbocycles. The number of hydrogen-bond donors (Lipinski definition) is 0. The minimum Gasteiger partial charge on any atom is -0.492 e. The SMILES string of the molecule is CN(C)S(=O)(=O)c1ccc2c(c1)nc(CCC(=O)N1CCN(CCOc3ccccc3)CC1)n2C. The van der Waals surface area contributed by atoms with Crippen molar-refractivity contribution in [3.05, 3.63) is 54.4 Å². The van der Waals surface area contributed by atoms with Crippen LogP contribution in [0.25, 0.3) is 11.0 Å². The maximum absolute atomic E-state index is 12.8. The van der Waals surface area contributed by atoms with Crippen molar-refractivity contribution < 1.29 is 17.9 Å². The molecule has 0 N–H and O–H groups in total. The number of benzene rings is 2. The molecule has 0 spiro atoms. The number of imidazole rings is 1. The topological polar surface area (TPSA) is 88.0 Å². The highest BCUT2D eigenvalue weighted by Crippen LogP contribution is 2.22. The fourth-order valence-corrected chi connectivity index (χ4v) is 5.15. The number of sulfonamides is 1. The van der Waals surface area contributed by atoms with E-state index in [9.17, 15) is 13.2 Å². The third kappa shape index (κ3) is 5.83. The Labute approximate surface area is 206 Å². The van der Waals surface area contributed by atoms with Crippen molar-refractivity contribution in [1.82, 2.24) is 23.7 Å². The number of ether oxygens (including phenoxy) is 1. The summed E-state index contributed by atoms with van der Waals surface area (Å²) < 4.78 is 33.8. The lowest BCUT2D eigenvalue weighted by Crippen LogP contribution is -2.49. The minimum absolute atomic E-state index is 0.119. The van der Waals surface area contributed by atoms with E-state index >= 15 is 0 Å². The van der Waals surface area contributed by atoms with Gasteiger partial charge in [-0.3, -0.25) is 9.69 Å². The highest BCUT2D eigenvalue weighted by Gasteiger charge is 2.22. The third-order valence-corrected chi connectivity index (χ3v) is 8.24. The number of carbonyl (C=O) groups excluding carboxylic acids is 1. The van der Waals surface area contributed by atoms with E-state index in [2.05, 4.69) is 9.88 Å². The minimum atomic E-state index is -3.53. The third-order valence-electron chi connectivity index (χ3n) is 6.43. The van der Waals surface area contributed by atoms with Crippen LogP contribution in [0.15, 0.2) is 53.4 Å². The lowest BCUT2D eigenvalue weighted by Gasteiger charge is -2.34. The molecule has 0 bridgehead atoms. The summed E-state index contributed by atoms with van der Waals surface area (Å²) >= 11 is 0. The zero-order valence-electron chi connectivity index (χ0n) is 20.6. The van der Waals surface area contributed by atoms with Crippen LogP contribution in [0.1, 0.15) is 12.2 Å². The molecule has 10 heteroatoms. The average Bonchev–Trinajstić information content (AvgIpc) is 3.18. The zero-order chi connectivity index (χ0) is 25.0. The number of amides is 1. The predicted octanol–water partition coefficient (Wildman–Crippen LogP) is 1.98. The molecule has 0 saturated carbocycles. The van der Waals surface area contributed by atoms with E-state index in [4.69, 9.17) is 4.74 Å². The van der Waals surface area contributed by atoms with Crippen LogP contribution in [0.3, 0.4) is 0 Å². The van der Waals surface area contributed by atoms with Gasteiger partial charge in [0.2, 0.25) is 15.9 Å². The number of carbonyl (C=O) groups is 1. The summed E-state index contributed by atoms with van der Waals surface area (Å²) in [6.07, 6.45) is 0.877. The summed E-state index contributed by atoms with van der Waals surface area (Å²) in [5.74, 6) is 1.76. The van der Waals surface area contributed by atoms with Crippen LogP contribution in [0.2, 0.25) is 0 Å². The van der Waals surface area contributed by atoms with Gasteiger partial charge in [0.05, 0.1) is 15.9 Å². The van der Waals surface area contributed by atoms with Gasteiger partial charge in [0.25, 0.3) is 0 Å². The van der Waals surface area contributed by atoms with Gasteiger partial charge < -0.3 is 14.2 Å². The van der Waals surface area contributed by atoms with Gasteiger partial charge in [-0.25, -0.2) is 17.7 Å². The lowest BCUT2D eigenvalue weighted by atomic mass is 10.2. The summed E-state index contributed by atoms with van der Waals surface area (Å²) in [5, 5.41) is 0. The molecule has 1 saturated heterocycles. The Balaban J connectivity index is 1.28. The molecule has 4 rings (SSSR count). The Morgan fingerprint density at radius 1 is 1.06 bits per heavy atom. The van der Waals surface area contributed by atoms with E-state index in [1.807, 2.05) is 46.8 Å². The Hall–Kier alpha value is -2.95. The normalized spacial score (nSPS) is 15.1. The first-order valence-electron chi connectivity index (χ1n) is 11.8. The smallest absolute Gasteiger partial charge is 0.242 e. The second-order valence-corrected chi connectivity index (χ2v) is 11.1. The maximum atomic E-state index is 12.8. The van der Waals surface area contributed by atoms with E-state index < -0.39 is 10.0 Å². The van der Waals surface area contributed by atoms with Crippen molar-refractivity contribution in [3.8, 4) is 5.75 Å². The molecule has 0 radical (unpaired) electrons. The number of rotatable bonds is 9. The van der Waals surface area contributed by atoms with Crippen molar-refractivity contribution in [1.29, 1.82) is 0 Å². The van der Waals surface area contributed by atoms with Crippen LogP contribution >= 0.6 is 0 Å². The number of hydrogen-bond acceptors (Lipinski definition) is 6. The zero-order valence-corrected chi connectivity index (χ0v) is 21.4. The summed E-state index contributed by atoms with van der Waals surface area (Å²) in [4.78, 5) is 21.9. The van der Waals surface area contributed by atoms with Crippen LogP contribution in [-0.4, -0.2) is 91.4 Å². The van der Waals surface area contributed by atoms with Gasteiger partial charge in [0, 0.05) is 66.7 Å². The van der Waals surface area contributed by atoms with E-state index in [0.29, 0.717) is 38.1 Å². The van der Waals surface area contributed by atoms with Crippen molar-refractivity contribution >= 4 is 27.0 Å². The summed E-state index contributed by atoms with van der Waals surface area (Å²) in [5.41, 5.74) is 1.46. The standard InChI is InChI=1S/C25H33N5O4S/c1-27(2)35(32,33)21-9-10-23-22(19-21)26-24(28(23)3)11-12-25(31)30-15-13-29(14-16-30)17-18-34-20-7-5-4-6-8-20/h4-10,19H,11-18H2,1-3H3. The Morgan fingerprint density at radius 3 is 2.46 bits per heavy atom. The molecule has 35 heavy (non-hydrogen) atoms. The molecule has 1 amide bonds. The molecule has 0 atom stereocenters. The van der Waals surface area contributed by atoms with E-state index in [-0.39, 0.29) is 10.8 Å². The van der Waals surface area contributed by atoms with E-state index in [1.54, 1.807) is 18.2 Å². The molecule has 3 aromatic rings. The number of aromatic nitrogens is 2. The highest BCUT2D eigenvalue weighted by molar-refractivity contribution is 7.89. The lowest BCUT2D eigenvalue weighted by molar-refractivity contribution is -0.133. The number of nitrogens with zero attached hydrogens (tertiary/aromatic N) is 5. The van der Waals surface area contributed by atoms with E-state index in [0.717, 1.165) is 36.7 Å². The molecular weight excluding hydrogens is 466 g/mol. The first-order chi connectivity index (χ1) is 16.8. The number of para-hydroxylation sites is 1. The second-order valence-electron chi connectivity index (χ2n) is 8.91. The number of fused-ring (bicyclic) bond motifs is 1. The summed E-state index contributed by atoms with van der Waals surface area (Å²) in [6, 6.07) is 14.7. The highest BCUT2D eigenvalue weighted by atomic mass is 32.2. The fraction of sp³-hybridized carbons (Fsp3) is 0.440. The van der Waals surface area contributed by atoms with Crippen molar-refractivity contribution in [2.24, 2.45) is 7.05 Å². The Morgan fingerprint density at radius 2 is 1.77 bits per heavy atom. The van der Waals surface area contributed by atoms with E-state index in [1.165, 1.54) is 18.4 Å². The molecule has 9 nitrogen and oxygen atoms in total. The van der Waals surface area contributed by atoms with Gasteiger partial charge >= 0.3 is 0 Å². The number of piperazine rings is 1. The Kier molecular flexibility index (Phi) is 7.73. The fourth-order valence-electron chi connectivity index (χ4n) is 4.23. The van der Waals surface area contributed by atoms with Crippen molar-refractivity contribution in [2.75, 3.05) is 53.4 Å². The Bertz CT molecular complexity index is 1270. The van der Waals surface area contributed by atoms with Gasteiger partial charge in [-0.15, -0.1) is 0 Å². The quantitative estimate of drug-likeness (QED) is 0.447. The van der Waals surface area contributed by atoms with Gasteiger partial charge in [0.1, 0.15) is 18.2 Å². The maximum Gasteiger partial charge on any atom is 0.242 e. The van der Waals surface area contributed by atoms with Gasteiger partial charge in [-0.2, -0.15) is 0 Å². The molecule has 0 unspecified atom stereocenters. The monoisotopic (exact) mass is 499 g/mol. The van der Waals surface area contributed by atoms with Crippen molar-refractivity contribution in [2.45, 2.75) is 17.7 Å². The molecule has 2 aromatic carbocycles. The summed E-state index contributed by atoms with van der Waals surface area (Å²) in [6.45, 7) is 4.54. The van der Waals surface area contributed by atoms with Gasteiger partial charge in [-0.1, -0.05) is 18.2 Å². The largest absolute Gasteiger partial charge is 0.492 e. The molecule has 1 aliphatic rings. The average molecular weight is 500 g/mol. The number of aryl methyl sites for hydroxylation is 2. The molecule has 188 valence electrons. The molecule has 2 heterocycles. The second kappa shape index (κ2) is 10.8. The van der Waals surface area contributed by atoms with Crippen LogP contribution in [0.5, 0.6) is 5.75 Å². The van der Waals surface area contributed by atoms with Crippen LogP contribution < -0.4 is 4.74 Å². The van der Waals surface area contributed by atoms with Crippen molar-refractivity contribution in [3.63, 3.8) is 0 Å². The summed E-state index contributed by atoms with van der Waals surface area (Å²) in [7, 11) is 1.38. The predicted molar refractivity (Wildman–Crippen MR) is 135 cm³/mol. The van der Waals surface area contributed by atoms with Crippen LogP contribution in [0.4, 0.5) is 0 Å². The first-order valence-corrected chi connectivity index (χ1v) is 13.3. The van der Waals surface area contributed by atoms with Crippen LogP contribution in [0, 0.1) is 0 Å². The molecule has 1 aliphatic heterocycles. The molecule has 1 aromatic heterocycles. The van der Waals surface area contributed by atoms with Gasteiger partial charge in [0.15, 0.2) is 0 Å². The van der Waals surface area contributed by atoms with Crippen LogP contribution in [-0.2, 0) is 28.3 Å². The molecule has 1 fully saturated rings. The molecular formula is C25H33N5O4S. The first kappa shape index (κ1) is 25.2.